The first-order chi connectivity index (χ1) is 12.9. The third-order valence-electron chi connectivity index (χ3n) is 3.36. The maximum absolute atomic E-state index is 12.5. The first kappa shape index (κ1) is 23.6. The van der Waals surface area contributed by atoms with Crippen molar-refractivity contribution in [2.24, 2.45) is 5.73 Å². The molecule has 2 amide bonds. The van der Waals surface area contributed by atoms with Crippen LogP contribution in [0.2, 0.25) is 0 Å². The van der Waals surface area contributed by atoms with Gasteiger partial charge >= 0.3 is 12.3 Å². The van der Waals surface area contributed by atoms with E-state index in [-0.39, 0.29) is 22.8 Å². The highest BCUT2D eigenvalue weighted by Gasteiger charge is 2.32. The van der Waals surface area contributed by atoms with Crippen LogP contribution in [0.15, 0.2) is 23.1 Å². The number of primary amides is 1. The van der Waals surface area contributed by atoms with Crippen LogP contribution in [0.25, 0.3) is 0 Å². The summed E-state index contributed by atoms with van der Waals surface area (Å²) < 4.78 is 46.2. The van der Waals surface area contributed by atoms with Crippen molar-refractivity contribution in [3.05, 3.63) is 23.8 Å². The summed E-state index contributed by atoms with van der Waals surface area (Å²) in [6.45, 7) is 4.50. The maximum atomic E-state index is 12.5. The van der Waals surface area contributed by atoms with Gasteiger partial charge in [0.15, 0.2) is 0 Å². The Morgan fingerprint density at radius 3 is 2.39 bits per heavy atom. The lowest BCUT2D eigenvalue weighted by molar-refractivity contribution is -0.274. The van der Waals surface area contributed by atoms with Gasteiger partial charge in [-0.05, 0) is 38.5 Å². The van der Waals surface area contributed by atoms with Gasteiger partial charge in [-0.3, -0.25) is 14.4 Å². The summed E-state index contributed by atoms with van der Waals surface area (Å²) >= 11 is 0.934. The summed E-state index contributed by atoms with van der Waals surface area (Å²) in [6.07, 6.45) is -4.12. The Morgan fingerprint density at radius 2 is 1.86 bits per heavy atom. The van der Waals surface area contributed by atoms with Gasteiger partial charge in [-0.2, -0.15) is 0 Å². The molecule has 0 radical (unpaired) electrons. The standard InChI is InChI=1S/C17H21F3N2O5S/c1-4-5-13(23)26-9-28-12-7-6-10(27-17(18,19)20)8-11(12)14(24)22-16(2,3)15(21)25/h6-8H,4-5,9H2,1-3H3,(H2,21,25)(H,22,24). The maximum Gasteiger partial charge on any atom is 0.573 e. The first-order valence-electron chi connectivity index (χ1n) is 8.16. The Kier molecular flexibility index (Phi) is 8.15. The molecule has 0 heterocycles. The van der Waals surface area contributed by atoms with Crippen LogP contribution in [0.3, 0.4) is 0 Å². The third kappa shape index (κ3) is 7.67. The van der Waals surface area contributed by atoms with Crippen LogP contribution in [0.4, 0.5) is 13.2 Å². The topological polar surface area (TPSA) is 108 Å². The van der Waals surface area contributed by atoms with Gasteiger partial charge < -0.3 is 20.5 Å². The second kappa shape index (κ2) is 9.67. The number of amides is 2. The van der Waals surface area contributed by atoms with Crippen molar-refractivity contribution in [3.63, 3.8) is 0 Å². The number of hydrogen-bond acceptors (Lipinski definition) is 6. The van der Waals surface area contributed by atoms with Crippen LogP contribution >= 0.6 is 11.8 Å². The third-order valence-corrected chi connectivity index (χ3v) is 4.26. The van der Waals surface area contributed by atoms with Crippen molar-refractivity contribution >= 4 is 29.5 Å². The van der Waals surface area contributed by atoms with Gasteiger partial charge in [-0.25, -0.2) is 0 Å². The van der Waals surface area contributed by atoms with Crippen LogP contribution in [0.1, 0.15) is 44.0 Å². The molecule has 0 aliphatic heterocycles. The number of hydrogen-bond donors (Lipinski definition) is 2. The molecule has 0 aliphatic carbocycles. The predicted molar refractivity (Wildman–Crippen MR) is 95.6 cm³/mol. The van der Waals surface area contributed by atoms with Gasteiger partial charge in [0, 0.05) is 11.3 Å². The smallest absolute Gasteiger partial charge is 0.454 e. The summed E-state index contributed by atoms with van der Waals surface area (Å²) in [5, 5.41) is 2.35. The molecule has 156 valence electrons. The van der Waals surface area contributed by atoms with Crippen molar-refractivity contribution < 1.29 is 37.0 Å². The van der Waals surface area contributed by atoms with Gasteiger partial charge in [-0.15, -0.1) is 13.2 Å². The zero-order valence-corrected chi connectivity index (χ0v) is 16.3. The zero-order chi connectivity index (χ0) is 21.5. The number of rotatable bonds is 9. The lowest BCUT2D eigenvalue weighted by Crippen LogP contribution is -2.53. The molecule has 28 heavy (non-hydrogen) atoms. The molecule has 0 aliphatic rings. The molecule has 0 aromatic heterocycles. The molecule has 0 unspecified atom stereocenters. The van der Waals surface area contributed by atoms with E-state index < -0.39 is 35.4 Å². The highest BCUT2D eigenvalue weighted by atomic mass is 32.2. The Balaban J connectivity index is 3.08. The van der Waals surface area contributed by atoms with E-state index in [2.05, 4.69) is 10.1 Å². The molecule has 0 saturated carbocycles. The number of carbonyl (C=O) groups is 3. The molecular formula is C17H21F3N2O5S. The molecule has 11 heteroatoms. The first-order valence-corrected chi connectivity index (χ1v) is 9.15. The lowest BCUT2D eigenvalue weighted by atomic mass is 10.0. The van der Waals surface area contributed by atoms with E-state index in [4.69, 9.17) is 10.5 Å². The fraction of sp³-hybridized carbons (Fsp3) is 0.471. The summed E-state index contributed by atoms with van der Waals surface area (Å²) in [4.78, 5) is 35.6. The fourth-order valence-electron chi connectivity index (χ4n) is 1.86. The van der Waals surface area contributed by atoms with Crippen molar-refractivity contribution in [3.8, 4) is 5.75 Å². The van der Waals surface area contributed by atoms with Gasteiger partial charge in [0.2, 0.25) is 5.91 Å². The molecule has 0 atom stereocenters. The minimum absolute atomic E-state index is 0.141. The Labute approximate surface area is 164 Å². The minimum Gasteiger partial charge on any atom is -0.454 e. The lowest BCUT2D eigenvalue weighted by Gasteiger charge is -2.23. The van der Waals surface area contributed by atoms with Crippen molar-refractivity contribution in [2.75, 3.05) is 5.94 Å². The van der Waals surface area contributed by atoms with Crippen LogP contribution in [0.5, 0.6) is 5.75 Å². The number of ether oxygens (including phenoxy) is 2. The van der Waals surface area contributed by atoms with Crippen molar-refractivity contribution in [1.29, 1.82) is 0 Å². The average molecular weight is 422 g/mol. The number of nitrogens with two attached hydrogens (primary N) is 1. The number of halogens is 3. The van der Waals surface area contributed by atoms with E-state index in [1.54, 1.807) is 6.92 Å². The van der Waals surface area contributed by atoms with E-state index in [0.717, 1.165) is 23.9 Å². The zero-order valence-electron chi connectivity index (χ0n) is 15.5. The summed E-state index contributed by atoms with van der Waals surface area (Å²) in [7, 11) is 0. The van der Waals surface area contributed by atoms with Crippen LogP contribution < -0.4 is 15.8 Å². The number of thioether (sulfide) groups is 1. The number of nitrogens with one attached hydrogen (secondary N) is 1. The molecule has 0 saturated heterocycles. The number of esters is 1. The molecule has 0 fully saturated rings. The highest BCUT2D eigenvalue weighted by molar-refractivity contribution is 7.99. The second-order valence-electron chi connectivity index (χ2n) is 6.18. The molecule has 1 aromatic carbocycles. The largest absolute Gasteiger partial charge is 0.573 e. The number of benzene rings is 1. The van der Waals surface area contributed by atoms with Crippen LogP contribution in [-0.4, -0.2) is 35.6 Å². The van der Waals surface area contributed by atoms with Gasteiger partial charge in [0.25, 0.3) is 5.91 Å². The van der Waals surface area contributed by atoms with Crippen LogP contribution in [-0.2, 0) is 14.3 Å². The van der Waals surface area contributed by atoms with Gasteiger partial charge in [-0.1, -0.05) is 18.7 Å². The molecule has 3 N–H and O–H groups in total. The van der Waals surface area contributed by atoms with E-state index in [1.807, 2.05) is 0 Å². The minimum atomic E-state index is -4.94. The summed E-state index contributed by atoms with van der Waals surface area (Å²) in [6, 6.07) is 3.14. The Bertz CT molecular complexity index is 738. The number of carbonyl (C=O) groups excluding carboxylic acids is 3. The molecule has 7 nitrogen and oxygen atoms in total. The van der Waals surface area contributed by atoms with Crippen molar-refractivity contribution in [1.82, 2.24) is 5.32 Å². The van der Waals surface area contributed by atoms with Crippen molar-refractivity contribution in [2.45, 2.75) is 50.4 Å². The molecule has 1 aromatic rings. The SMILES string of the molecule is CCCC(=O)OCSc1ccc(OC(F)(F)F)cc1C(=O)NC(C)(C)C(N)=O. The number of alkyl halides is 3. The van der Waals surface area contributed by atoms with E-state index in [9.17, 15) is 27.6 Å². The summed E-state index contributed by atoms with van der Waals surface area (Å²) in [5.41, 5.74) is 3.58. The van der Waals surface area contributed by atoms with Gasteiger partial charge in [0.1, 0.15) is 17.2 Å². The average Bonchev–Trinajstić information content (AvgIpc) is 2.54. The fourth-order valence-corrected chi connectivity index (χ4v) is 2.65. The van der Waals surface area contributed by atoms with Gasteiger partial charge in [0.05, 0.1) is 5.56 Å². The monoisotopic (exact) mass is 422 g/mol. The molecule has 1 rings (SSSR count). The normalized spacial score (nSPS) is 11.6. The molecular weight excluding hydrogens is 401 g/mol. The summed E-state index contributed by atoms with van der Waals surface area (Å²) in [5.74, 6) is -2.85. The van der Waals surface area contributed by atoms with E-state index in [0.29, 0.717) is 6.42 Å². The Hall–Kier alpha value is -2.43. The molecule has 0 spiro atoms. The molecule has 0 bridgehead atoms. The highest BCUT2D eigenvalue weighted by Crippen LogP contribution is 2.30. The Morgan fingerprint density at radius 1 is 1.21 bits per heavy atom. The van der Waals surface area contributed by atoms with Crippen LogP contribution in [0, 0.1) is 0 Å². The van der Waals surface area contributed by atoms with E-state index >= 15 is 0 Å². The predicted octanol–water partition coefficient (Wildman–Crippen LogP) is 2.97. The second-order valence-corrected chi connectivity index (χ2v) is 7.14. The van der Waals surface area contributed by atoms with E-state index in [1.165, 1.54) is 19.9 Å². The quantitative estimate of drug-likeness (QED) is 0.360.